The monoisotopic (exact) mass is 268 g/mol. The van der Waals surface area contributed by atoms with Crippen molar-refractivity contribution in [3.8, 4) is 0 Å². The first kappa shape index (κ1) is 14.1. The van der Waals surface area contributed by atoms with Crippen LogP contribution in [0.4, 0.5) is 11.4 Å². The molecule has 0 saturated heterocycles. The number of hydrogen-bond acceptors (Lipinski definition) is 2. The summed E-state index contributed by atoms with van der Waals surface area (Å²) < 4.78 is 0. The first-order valence-electron chi connectivity index (χ1n) is 6.68. The van der Waals surface area contributed by atoms with Crippen LogP contribution < -0.4 is 11.1 Å². The average Bonchev–Trinajstić information content (AvgIpc) is 2.36. The molecule has 104 valence electrons. The summed E-state index contributed by atoms with van der Waals surface area (Å²) in [7, 11) is 0. The standard InChI is InChI=1S/C17H20N2O/c1-11-8-12(2)17(13(3)9-11)19-16(20)10-14-4-6-15(18)7-5-14/h4-9H,10,18H2,1-3H3,(H,19,20). The first-order chi connectivity index (χ1) is 9.45. The molecule has 3 nitrogen and oxygen atoms in total. The number of aryl methyl sites for hydroxylation is 3. The van der Waals surface area contributed by atoms with Gasteiger partial charge < -0.3 is 11.1 Å². The Labute approximate surface area is 119 Å². The molecule has 2 rings (SSSR count). The zero-order valence-electron chi connectivity index (χ0n) is 12.2. The Morgan fingerprint density at radius 1 is 1.05 bits per heavy atom. The zero-order chi connectivity index (χ0) is 14.7. The Kier molecular flexibility index (Phi) is 4.08. The predicted octanol–water partition coefficient (Wildman–Crippen LogP) is 3.38. The number of nitrogen functional groups attached to an aromatic ring is 1. The minimum absolute atomic E-state index is 0.00942. The van der Waals surface area contributed by atoms with Crippen molar-refractivity contribution in [2.45, 2.75) is 27.2 Å². The number of rotatable bonds is 3. The van der Waals surface area contributed by atoms with Gasteiger partial charge in [0.05, 0.1) is 6.42 Å². The molecule has 0 fully saturated rings. The van der Waals surface area contributed by atoms with Gasteiger partial charge in [-0.15, -0.1) is 0 Å². The first-order valence-corrected chi connectivity index (χ1v) is 6.68. The van der Waals surface area contributed by atoms with Crippen LogP contribution in [0, 0.1) is 20.8 Å². The molecular weight excluding hydrogens is 248 g/mol. The quantitative estimate of drug-likeness (QED) is 0.838. The number of anilines is 2. The highest BCUT2D eigenvalue weighted by atomic mass is 16.1. The molecule has 0 unspecified atom stereocenters. The Bertz CT molecular complexity index is 607. The Morgan fingerprint density at radius 2 is 1.60 bits per heavy atom. The van der Waals surface area contributed by atoms with Gasteiger partial charge >= 0.3 is 0 Å². The fourth-order valence-corrected chi connectivity index (χ4v) is 2.38. The second-order valence-electron chi connectivity index (χ2n) is 5.24. The van der Waals surface area contributed by atoms with Gasteiger partial charge in [0.25, 0.3) is 0 Å². The lowest BCUT2D eigenvalue weighted by Crippen LogP contribution is -2.16. The van der Waals surface area contributed by atoms with Gasteiger partial charge in [0.15, 0.2) is 0 Å². The van der Waals surface area contributed by atoms with Crippen molar-refractivity contribution in [1.82, 2.24) is 0 Å². The molecule has 0 saturated carbocycles. The maximum atomic E-state index is 12.1. The molecule has 3 N–H and O–H groups in total. The van der Waals surface area contributed by atoms with Crippen LogP contribution >= 0.6 is 0 Å². The third kappa shape index (κ3) is 3.38. The van der Waals surface area contributed by atoms with E-state index in [-0.39, 0.29) is 5.91 Å². The number of nitrogens with two attached hydrogens (primary N) is 1. The van der Waals surface area contributed by atoms with E-state index in [9.17, 15) is 4.79 Å². The molecule has 3 heteroatoms. The van der Waals surface area contributed by atoms with Crippen LogP contribution in [0.15, 0.2) is 36.4 Å². The Hall–Kier alpha value is -2.29. The van der Waals surface area contributed by atoms with Gasteiger partial charge in [-0.2, -0.15) is 0 Å². The van der Waals surface area contributed by atoms with E-state index >= 15 is 0 Å². The highest BCUT2D eigenvalue weighted by Crippen LogP contribution is 2.22. The topological polar surface area (TPSA) is 55.1 Å². The maximum Gasteiger partial charge on any atom is 0.228 e. The zero-order valence-corrected chi connectivity index (χ0v) is 12.2. The number of nitrogens with one attached hydrogen (secondary N) is 1. The third-order valence-electron chi connectivity index (χ3n) is 3.29. The summed E-state index contributed by atoms with van der Waals surface area (Å²) in [5.74, 6) is -0.00942. The lowest BCUT2D eigenvalue weighted by Gasteiger charge is -2.13. The van der Waals surface area contributed by atoms with Gasteiger partial charge in [0, 0.05) is 11.4 Å². The largest absolute Gasteiger partial charge is 0.399 e. The van der Waals surface area contributed by atoms with Gasteiger partial charge in [-0.3, -0.25) is 4.79 Å². The summed E-state index contributed by atoms with van der Waals surface area (Å²) in [6, 6.07) is 11.5. The minimum atomic E-state index is -0.00942. The van der Waals surface area contributed by atoms with E-state index in [1.807, 2.05) is 38.1 Å². The van der Waals surface area contributed by atoms with Gasteiger partial charge in [0.1, 0.15) is 0 Å². The fourth-order valence-electron chi connectivity index (χ4n) is 2.38. The van der Waals surface area contributed by atoms with Crippen LogP contribution in [-0.4, -0.2) is 5.91 Å². The van der Waals surface area contributed by atoms with E-state index in [2.05, 4.69) is 24.4 Å². The average molecular weight is 268 g/mol. The number of amides is 1. The van der Waals surface area contributed by atoms with E-state index in [1.54, 1.807) is 0 Å². The minimum Gasteiger partial charge on any atom is -0.399 e. The Morgan fingerprint density at radius 3 is 2.15 bits per heavy atom. The lowest BCUT2D eigenvalue weighted by molar-refractivity contribution is -0.115. The number of carbonyl (C=O) groups is 1. The van der Waals surface area contributed by atoms with E-state index in [4.69, 9.17) is 5.73 Å². The van der Waals surface area contributed by atoms with E-state index < -0.39 is 0 Å². The van der Waals surface area contributed by atoms with Gasteiger partial charge in [0.2, 0.25) is 5.91 Å². The van der Waals surface area contributed by atoms with Gasteiger partial charge in [-0.05, 0) is 49.6 Å². The van der Waals surface area contributed by atoms with E-state index in [0.717, 1.165) is 22.4 Å². The van der Waals surface area contributed by atoms with Crippen LogP contribution in [0.25, 0.3) is 0 Å². The molecule has 0 aromatic heterocycles. The van der Waals surface area contributed by atoms with Crippen LogP contribution in [0.3, 0.4) is 0 Å². The SMILES string of the molecule is Cc1cc(C)c(NC(=O)Cc2ccc(N)cc2)c(C)c1. The summed E-state index contributed by atoms with van der Waals surface area (Å²) in [4.78, 5) is 12.1. The summed E-state index contributed by atoms with van der Waals surface area (Å²) >= 11 is 0. The van der Waals surface area contributed by atoms with Crippen molar-refractivity contribution in [2.24, 2.45) is 0 Å². The normalized spacial score (nSPS) is 10.3. The van der Waals surface area contributed by atoms with Crippen LogP contribution in [0.5, 0.6) is 0 Å². The Balaban J connectivity index is 2.10. The molecule has 2 aromatic rings. The van der Waals surface area contributed by atoms with E-state index in [0.29, 0.717) is 12.1 Å². The molecule has 20 heavy (non-hydrogen) atoms. The second kappa shape index (κ2) is 5.78. The summed E-state index contributed by atoms with van der Waals surface area (Å²) in [5, 5.41) is 3.00. The van der Waals surface area contributed by atoms with Crippen molar-refractivity contribution in [1.29, 1.82) is 0 Å². The molecule has 2 aromatic carbocycles. The van der Waals surface area contributed by atoms with Crippen molar-refractivity contribution >= 4 is 17.3 Å². The van der Waals surface area contributed by atoms with Crippen LogP contribution in [0.1, 0.15) is 22.3 Å². The molecule has 1 amide bonds. The molecule has 0 radical (unpaired) electrons. The molecule has 0 bridgehead atoms. The van der Waals surface area contributed by atoms with Crippen molar-refractivity contribution in [3.05, 3.63) is 58.7 Å². The van der Waals surface area contributed by atoms with Crippen LogP contribution in [0.2, 0.25) is 0 Å². The molecule has 0 aliphatic carbocycles. The number of benzene rings is 2. The number of carbonyl (C=O) groups excluding carboxylic acids is 1. The summed E-state index contributed by atoms with van der Waals surface area (Å²) in [6.45, 7) is 6.08. The molecule has 0 aliphatic rings. The summed E-state index contributed by atoms with van der Waals surface area (Å²) in [6.07, 6.45) is 0.354. The van der Waals surface area contributed by atoms with Crippen LogP contribution in [-0.2, 0) is 11.2 Å². The smallest absolute Gasteiger partial charge is 0.228 e. The third-order valence-corrected chi connectivity index (χ3v) is 3.29. The summed E-state index contributed by atoms with van der Waals surface area (Å²) in [5.41, 5.74) is 11.6. The predicted molar refractivity (Wildman–Crippen MR) is 83.8 cm³/mol. The molecule has 0 atom stereocenters. The second-order valence-corrected chi connectivity index (χ2v) is 5.24. The van der Waals surface area contributed by atoms with E-state index in [1.165, 1.54) is 5.56 Å². The fraction of sp³-hybridized carbons (Fsp3) is 0.235. The lowest BCUT2D eigenvalue weighted by atomic mass is 10.0. The maximum absolute atomic E-state index is 12.1. The molecule has 0 spiro atoms. The molecule has 0 heterocycles. The molecule has 0 aliphatic heterocycles. The van der Waals surface area contributed by atoms with Crippen molar-refractivity contribution in [3.63, 3.8) is 0 Å². The van der Waals surface area contributed by atoms with Gasteiger partial charge in [-0.25, -0.2) is 0 Å². The van der Waals surface area contributed by atoms with Crippen molar-refractivity contribution in [2.75, 3.05) is 11.1 Å². The highest BCUT2D eigenvalue weighted by molar-refractivity contribution is 5.93. The van der Waals surface area contributed by atoms with Gasteiger partial charge in [-0.1, -0.05) is 29.8 Å². The highest BCUT2D eigenvalue weighted by Gasteiger charge is 2.09. The van der Waals surface area contributed by atoms with Crippen molar-refractivity contribution < 1.29 is 4.79 Å². The number of hydrogen-bond donors (Lipinski definition) is 2. The molecular formula is C17H20N2O.